The van der Waals surface area contributed by atoms with Crippen molar-refractivity contribution in [2.24, 2.45) is 0 Å². The number of Topliss-reactive ketones (excluding diaryl/α,β-unsaturated/α-hetero) is 2. The minimum atomic E-state index is -4.67. The third kappa shape index (κ3) is 26.6. The number of alkyl halides is 16. The molecule has 26 heteroatoms. The first-order valence-electron chi connectivity index (χ1n) is 12.4. The predicted octanol–water partition coefficient (Wildman–Crippen LogP) is 5.80. The van der Waals surface area contributed by atoms with Crippen molar-refractivity contribution in [2.75, 3.05) is 32.3 Å². The Balaban J connectivity index is -0.000000810. The van der Waals surface area contributed by atoms with Crippen molar-refractivity contribution < 1.29 is 121 Å². The van der Waals surface area contributed by atoms with Crippen molar-refractivity contribution in [3.05, 3.63) is 47.5 Å². The molecule has 0 unspecified atom stereocenters. The average molecular weight is 1070 g/mol. The Kier molecular flexibility index (Phi) is 25.2. The van der Waals surface area contributed by atoms with Gasteiger partial charge in [0.25, 0.3) is 0 Å². The molecule has 0 saturated carbocycles. The zero-order valence-electron chi connectivity index (χ0n) is 25.7. The second kappa shape index (κ2) is 23.7. The fourth-order valence-electron chi connectivity index (χ4n) is 2.72. The summed E-state index contributed by atoms with van der Waals surface area (Å²) in [4.78, 5) is 32.5. The maximum Gasteiger partial charge on any atom is 1.00 e. The van der Waals surface area contributed by atoms with E-state index < -0.39 is 100 Å². The van der Waals surface area contributed by atoms with Crippen LogP contribution in [0.15, 0.2) is 36.4 Å². The number of carboxylic acid groups (broad SMARTS) is 1. The molecule has 0 heterocycles. The number of carbonyl (C=O) groups excluding carboxylic acids is 3. The zero-order valence-corrected chi connectivity index (χ0v) is 34.7. The molecule has 0 atom stereocenters. The SMILES string of the molecule is CC(=O)[O-].I.O=C(CCl)c1cc(OCC(F)(F)F)ccc1OCC(F)(F)F.O=C(c1cc(OCC(F)(F)F)ccc1OCC(F)(F)F)C(Cl)(Br)Br.[Na+]. The van der Waals surface area contributed by atoms with Crippen molar-refractivity contribution in [3.8, 4) is 23.0 Å². The molecule has 0 bridgehead atoms. The molecule has 292 valence electrons. The van der Waals surface area contributed by atoms with Gasteiger partial charge in [-0.15, -0.1) is 35.6 Å². The molecular formula is C26H20Br2Cl2F12INaO8. The van der Waals surface area contributed by atoms with E-state index in [-0.39, 0.29) is 64.8 Å². The molecule has 52 heavy (non-hydrogen) atoms. The molecule has 0 fully saturated rings. The minimum Gasteiger partial charge on any atom is -0.550 e. The molecule has 0 aromatic heterocycles. The number of aliphatic carboxylic acids is 1. The van der Waals surface area contributed by atoms with Gasteiger partial charge in [-0.2, -0.15) is 52.7 Å². The number of ether oxygens (including phenoxy) is 4. The van der Waals surface area contributed by atoms with Gasteiger partial charge in [-0.05, 0) is 75.2 Å². The van der Waals surface area contributed by atoms with Gasteiger partial charge in [-0.25, -0.2) is 0 Å². The van der Waals surface area contributed by atoms with E-state index in [2.05, 4.69) is 50.8 Å². The number of carboxylic acids is 1. The van der Waals surface area contributed by atoms with E-state index in [1.807, 2.05) is 0 Å². The summed E-state index contributed by atoms with van der Waals surface area (Å²) in [5, 5.41) is 8.89. The van der Waals surface area contributed by atoms with Crippen LogP contribution in [-0.2, 0) is 4.79 Å². The normalized spacial score (nSPS) is 11.6. The fourth-order valence-corrected chi connectivity index (χ4v) is 3.39. The van der Waals surface area contributed by atoms with Gasteiger partial charge in [0.2, 0.25) is 8.48 Å². The molecule has 0 aliphatic heterocycles. The average Bonchev–Trinajstić information content (AvgIpc) is 2.94. The monoisotopic (exact) mass is 1070 g/mol. The van der Waals surface area contributed by atoms with Gasteiger partial charge in [0.1, 0.15) is 23.0 Å². The van der Waals surface area contributed by atoms with Crippen LogP contribution in [0.2, 0.25) is 0 Å². The summed E-state index contributed by atoms with van der Waals surface area (Å²) in [6.45, 7) is -5.63. The number of rotatable bonds is 12. The largest absolute Gasteiger partial charge is 1.00 e. The van der Waals surface area contributed by atoms with Gasteiger partial charge in [0, 0.05) is 5.97 Å². The second-order valence-corrected chi connectivity index (χ2v) is 14.0. The third-order valence-electron chi connectivity index (χ3n) is 4.41. The predicted molar refractivity (Wildman–Crippen MR) is 171 cm³/mol. The first-order valence-corrected chi connectivity index (χ1v) is 14.9. The number of halogens is 17. The molecule has 2 aromatic carbocycles. The van der Waals surface area contributed by atoms with Crippen LogP contribution in [0.5, 0.6) is 23.0 Å². The van der Waals surface area contributed by atoms with Gasteiger partial charge in [0.15, 0.2) is 32.2 Å². The van der Waals surface area contributed by atoms with Gasteiger partial charge in [-0.1, -0.05) is 11.6 Å². The first-order chi connectivity index (χ1) is 22.4. The second-order valence-electron chi connectivity index (χ2n) is 8.81. The molecule has 2 rings (SSSR count). The Morgan fingerprint density at radius 3 is 1.23 bits per heavy atom. The van der Waals surface area contributed by atoms with Crippen LogP contribution in [0.4, 0.5) is 52.7 Å². The molecule has 0 spiro atoms. The van der Waals surface area contributed by atoms with Crippen molar-refractivity contribution >= 4 is 96.6 Å². The van der Waals surface area contributed by atoms with Gasteiger partial charge >= 0.3 is 54.3 Å². The topological polar surface area (TPSA) is 111 Å². The van der Waals surface area contributed by atoms with Crippen LogP contribution in [0.1, 0.15) is 27.6 Å². The van der Waals surface area contributed by atoms with E-state index in [0.29, 0.717) is 0 Å². The Morgan fingerprint density at radius 1 is 0.654 bits per heavy atom. The zero-order chi connectivity index (χ0) is 39.3. The molecule has 0 N–H and O–H groups in total. The Labute approximate surface area is 351 Å². The van der Waals surface area contributed by atoms with Crippen LogP contribution in [0.25, 0.3) is 0 Å². The molecule has 0 aliphatic rings. The van der Waals surface area contributed by atoms with Gasteiger partial charge < -0.3 is 28.8 Å². The quantitative estimate of drug-likeness (QED) is 0.0864. The van der Waals surface area contributed by atoms with Gasteiger partial charge in [-0.3, -0.25) is 9.59 Å². The van der Waals surface area contributed by atoms with Crippen LogP contribution in [0.3, 0.4) is 0 Å². The van der Waals surface area contributed by atoms with E-state index in [1.54, 1.807) is 0 Å². The molecule has 0 amide bonds. The van der Waals surface area contributed by atoms with Gasteiger partial charge in [0.05, 0.1) is 17.0 Å². The van der Waals surface area contributed by atoms with E-state index in [1.165, 1.54) is 0 Å². The van der Waals surface area contributed by atoms with Crippen molar-refractivity contribution in [3.63, 3.8) is 0 Å². The van der Waals surface area contributed by atoms with E-state index in [9.17, 15) is 62.3 Å². The first kappa shape index (κ1) is 55.2. The molecule has 2 aromatic rings. The number of carbonyl (C=O) groups is 3. The fraction of sp³-hybridized carbons (Fsp3) is 0.423. The Morgan fingerprint density at radius 2 is 0.942 bits per heavy atom. The standard InChI is InChI=1S/C12H7Br2ClF6O3.C12H9ClF6O3.C2H4O2.HI.Na/c13-12(14,15)9(22)7-3-6(23-4-10(16,17)18)1-2-8(7)24-5-11(19,20)21;13-4-9(20)8-3-7(21-5-11(14,15)16)1-2-10(8)22-6-12(17,18)19;1-2(3)4;;/h1-3H,4-5H2;1-3H,4-6H2;1H3,(H,3,4);1H;/q;;;;+1/p-1. The van der Waals surface area contributed by atoms with Crippen molar-refractivity contribution in [2.45, 2.75) is 34.3 Å². The van der Waals surface area contributed by atoms with Crippen LogP contribution in [-0.4, -0.2) is 77.2 Å². The maximum atomic E-state index is 12.2. The number of benzene rings is 2. The summed E-state index contributed by atoms with van der Waals surface area (Å²) < 4.78 is 161. The summed E-state index contributed by atoms with van der Waals surface area (Å²) in [6, 6.07) is 5.35. The van der Waals surface area contributed by atoms with Crippen LogP contribution < -0.4 is 53.6 Å². The summed E-state index contributed by atoms with van der Waals surface area (Å²) in [6.07, 6.45) is -18.5. The number of ketones is 2. The minimum absolute atomic E-state index is 0. The van der Waals surface area contributed by atoms with Crippen molar-refractivity contribution in [1.29, 1.82) is 0 Å². The Hall–Kier alpha value is -1.12. The number of hydrogen-bond acceptors (Lipinski definition) is 8. The molecule has 0 radical (unpaired) electrons. The smallest absolute Gasteiger partial charge is 0.550 e. The summed E-state index contributed by atoms with van der Waals surface area (Å²) in [5.41, 5.74) is -0.887. The molecule has 0 aliphatic carbocycles. The Bertz CT molecular complexity index is 1440. The molecule has 8 nitrogen and oxygen atoms in total. The third-order valence-corrected chi connectivity index (χ3v) is 5.55. The van der Waals surface area contributed by atoms with E-state index in [4.69, 9.17) is 33.1 Å². The summed E-state index contributed by atoms with van der Waals surface area (Å²) in [5.74, 6) is -5.15. The van der Waals surface area contributed by atoms with Crippen LogP contribution >= 0.6 is 79.0 Å². The summed E-state index contributed by atoms with van der Waals surface area (Å²) >= 11 is 16.4. The van der Waals surface area contributed by atoms with Crippen molar-refractivity contribution in [1.82, 2.24) is 0 Å². The van der Waals surface area contributed by atoms with E-state index in [0.717, 1.165) is 43.3 Å². The van der Waals surface area contributed by atoms with Crippen LogP contribution in [0, 0.1) is 0 Å². The number of hydrogen-bond donors (Lipinski definition) is 0. The molecular weight excluding hydrogens is 1050 g/mol. The maximum absolute atomic E-state index is 12.2. The van der Waals surface area contributed by atoms with E-state index >= 15 is 0 Å². The molecule has 0 saturated heterocycles. The summed E-state index contributed by atoms with van der Waals surface area (Å²) in [7, 11) is 0.